The van der Waals surface area contributed by atoms with Gasteiger partial charge in [0.15, 0.2) is 23.4 Å². The highest BCUT2D eigenvalue weighted by Crippen LogP contribution is 2.67. The molecule has 2 saturated heterocycles. The van der Waals surface area contributed by atoms with Crippen LogP contribution in [0.15, 0.2) is 0 Å². The van der Waals surface area contributed by atoms with Gasteiger partial charge in [0.1, 0.15) is 35.4 Å². The van der Waals surface area contributed by atoms with Crippen LogP contribution < -0.4 is 0 Å². The van der Waals surface area contributed by atoms with Gasteiger partial charge in [-0.25, -0.2) is 4.79 Å². The van der Waals surface area contributed by atoms with E-state index in [1.807, 2.05) is 0 Å². The van der Waals surface area contributed by atoms with Gasteiger partial charge in [-0.3, -0.25) is 19.2 Å². The van der Waals surface area contributed by atoms with Crippen LogP contribution in [0.4, 0.5) is 0 Å². The van der Waals surface area contributed by atoms with Crippen molar-refractivity contribution in [1.82, 2.24) is 0 Å². The molecule has 4 rings (SSSR count). The molecule has 1 spiro atoms. The van der Waals surface area contributed by atoms with Gasteiger partial charge < -0.3 is 43.7 Å². The lowest BCUT2D eigenvalue weighted by molar-refractivity contribution is -0.266. The number of alkyl halides is 1. The third kappa shape index (κ3) is 5.39. The van der Waals surface area contributed by atoms with E-state index in [4.69, 9.17) is 40.0 Å². The molecule has 4 aliphatic rings. The average Bonchev–Trinajstić information content (AvgIpc) is 3.50. The Kier molecular flexibility index (Phi) is 9.37. The van der Waals surface area contributed by atoms with E-state index in [9.17, 15) is 39.3 Å². The lowest BCUT2D eigenvalue weighted by Gasteiger charge is -2.58. The highest BCUT2D eigenvalue weighted by atomic mass is 35.5. The van der Waals surface area contributed by atoms with Gasteiger partial charge >= 0.3 is 29.8 Å². The van der Waals surface area contributed by atoms with Crippen LogP contribution in [0.3, 0.4) is 0 Å². The second kappa shape index (κ2) is 11.9. The number of carbonyl (C=O) groups is 5. The maximum absolute atomic E-state index is 13.3. The minimum absolute atomic E-state index is 0.109. The lowest BCUT2D eigenvalue weighted by atomic mass is 9.52. The summed E-state index contributed by atoms with van der Waals surface area (Å²) in [4.78, 5) is 64.2. The van der Waals surface area contributed by atoms with Crippen LogP contribution in [-0.2, 0) is 52.4 Å². The standard InChI is InChI=1S/C30H43ClO14/c1-9-10-18(36)43-24-20(37)23(42-15(5)34)27(6)17(40-13(3)32)11-16(35)12(2)19(27)22(41-14(4)33)30-25(21(31)28(24,7)39)44-26(38)29(30,8)45-30/h12,16-17,19-25,35,37,39H,9-11H2,1-8H3/t12-,16-,17-,19+,20+,21-,22-,23-,24-,25-,27-,28-,29-,30+/m0/s1. The molecular weight excluding hydrogens is 620 g/mol. The van der Waals surface area contributed by atoms with Crippen molar-refractivity contribution in [3.05, 3.63) is 0 Å². The molecule has 45 heavy (non-hydrogen) atoms. The van der Waals surface area contributed by atoms with E-state index in [1.165, 1.54) is 13.8 Å². The maximum atomic E-state index is 13.3. The Morgan fingerprint density at radius 3 is 2.00 bits per heavy atom. The van der Waals surface area contributed by atoms with E-state index >= 15 is 0 Å². The van der Waals surface area contributed by atoms with Crippen molar-refractivity contribution >= 4 is 41.4 Å². The summed E-state index contributed by atoms with van der Waals surface area (Å²) in [5, 5.41) is 33.9. The molecule has 0 aromatic heterocycles. The summed E-state index contributed by atoms with van der Waals surface area (Å²) in [5.74, 6) is -6.26. The Bertz CT molecular complexity index is 1240. The van der Waals surface area contributed by atoms with Gasteiger partial charge in [0.25, 0.3) is 0 Å². The minimum Gasteiger partial charge on any atom is -0.462 e. The number of aliphatic hydroxyl groups excluding tert-OH is 2. The van der Waals surface area contributed by atoms with Gasteiger partial charge in [0, 0.05) is 39.5 Å². The molecule has 254 valence electrons. The van der Waals surface area contributed by atoms with Gasteiger partial charge in [-0.1, -0.05) is 20.8 Å². The summed E-state index contributed by atoms with van der Waals surface area (Å²) < 4.78 is 34.9. The Labute approximate surface area is 265 Å². The van der Waals surface area contributed by atoms with Crippen LogP contribution in [0.25, 0.3) is 0 Å². The number of hydrogen-bond donors (Lipinski definition) is 3. The smallest absolute Gasteiger partial charge is 0.341 e. The van der Waals surface area contributed by atoms with Crippen molar-refractivity contribution in [1.29, 1.82) is 0 Å². The number of aliphatic hydroxyl groups is 3. The first-order valence-electron chi connectivity index (χ1n) is 15.1. The summed E-state index contributed by atoms with van der Waals surface area (Å²) in [7, 11) is 0. The van der Waals surface area contributed by atoms with E-state index in [0.29, 0.717) is 6.42 Å². The molecule has 2 saturated carbocycles. The second-order valence-electron chi connectivity index (χ2n) is 13.2. The lowest BCUT2D eigenvalue weighted by Crippen LogP contribution is -2.73. The molecule has 0 unspecified atom stereocenters. The van der Waals surface area contributed by atoms with E-state index < -0.39 is 112 Å². The predicted molar refractivity (Wildman–Crippen MR) is 151 cm³/mol. The monoisotopic (exact) mass is 662 g/mol. The zero-order chi connectivity index (χ0) is 34.0. The molecule has 15 heteroatoms. The molecule has 2 heterocycles. The van der Waals surface area contributed by atoms with Gasteiger partial charge in [-0.15, -0.1) is 11.6 Å². The zero-order valence-corrected chi connectivity index (χ0v) is 27.4. The SMILES string of the molecule is CCCC(=O)O[C@H]1[C@H](O)[C@H](OC(C)=O)[C@]2(C)[C@H]([C@@H](C)[C@@H](O)C[C@@H]2OC(C)=O)[C@H](OC(C)=O)[C@]23O[C@@]2(C)C(=O)O[C@H]3[C@H](Cl)[C@]1(C)O. The molecule has 0 amide bonds. The largest absolute Gasteiger partial charge is 0.462 e. The third-order valence-electron chi connectivity index (χ3n) is 10.2. The fraction of sp³-hybridized carbons (Fsp3) is 0.833. The zero-order valence-electron chi connectivity index (χ0n) is 26.6. The molecule has 2 aliphatic heterocycles. The molecule has 0 aromatic carbocycles. The summed E-state index contributed by atoms with van der Waals surface area (Å²) >= 11 is 6.93. The Morgan fingerprint density at radius 1 is 0.933 bits per heavy atom. The Morgan fingerprint density at radius 2 is 1.49 bits per heavy atom. The molecule has 0 radical (unpaired) electrons. The normalized spacial score (nSPS) is 47.2. The van der Waals surface area contributed by atoms with Gasteiger partial charge in [-0.2, -0.15) is 0 Å². The Hall–Kier alpha value is -2.52. The molecule has 3 N–H and O–H groups in total. The highest BCUT2D eigenvalue weighted by Gasteiger charge is 2.89. The van der Waals surface area contributed by atoms with Crippen molar-refractivity contribution in [2.24, 2.45) is 17.3 Å². The second-order valence-corrected chi connectivity index (χ2v) is 13.7. The highest BCUT2D eigenvalue weighted by molar-refractivity contribution is 6.22. The molecule has 4 fully saturated rings. The van der Waals surface area contributed by atoms with Crippen LogP contribution in [0.1, 0.15) is 74.7 Å². The quantitative estimate of drug-likeness (QED) is 0.155. The van der Waals surface area contributed by atoms with Crippen molar-refractivity contribution in [2.45, 2.75) is 140 Å². The third-order valence-corrected chi connectivity index (χ3v) is 10.8. The number of halogens is 1. The molecule has 0 aromatic rings. The van der Waals surface area contributed by atoms with Crippen molar-refractivity contribution in [3.8, 4) is 0 Å². The first kappa shape index (κ1) is 35.3. The number of hydrogen-bond acceptors (Lipinski definition) is 14. The molecule has 14 nitrogen and oxygen atoms in total. The van der Waals surface area contributed by atoms with Gasteiger partial charge in [0.05, 0.1) is 11.5 Å². The molecular formula is C30H43ClO14. The van der Waals surface area contributed by atoms with E-state index in [1.54, 1.807) is 13.8 Å². The fourth-order valence-corrected chi connectivity index (χ4v) is 8.26. The average molecular weight is 663 g/mol. The predicted octanol–water partition coefficient (Wildman–Crippen LogP) is 0.703. The van der Waals surface area contributed by atoms with Crippen LogP contribution in [0.5, 0.6) is 0 Å². The first-order valence-corrected chi connectivity index (χ1v) is 15.5. The van der Waals surface area contributed by atoms with Crippen LogP contribution in [0, 0.1) is 17.3 Å². The summed E-state index contributed by atoms with van der Waals surface area (Å²) in [6.45, 7) is 10.7. The molecule has 0 bridgehead atoms. The number of epoxide rings is 1. The van der Waals surface area contributed by atoms with Crippen molar-refractivity contribution < 1.29 is 67.7 Å². The topological polar surface area (TPSA) is 205 Å². The van der Waals surface area contributed by atoms with E-state index in [2.05, 4.69) is 0 Å². The summed E-state index contributed by atoms with van der Waals surface area (Å²) in [6, 6.07) is 0. The number of fused-ring (bicyclic) bond motifs is 1. The van der Waals surface area contributed by atoms with Gasteiger partial charge in [0.2, 0.25) is 0 Å². The summed E-state index contributed by atoms with van der Waals surface area (Å²) in [5.41, 5.74) is -7.83. The number of carbonyl (C=O) groups excluding carboxylic acids is 5. The number of esters is 5. The van der Waals surface area contributed by atoms with Crippen molar-refractivity contribution in [2.75, 3.05) is 0 Å². The van der Waals surface area contributed by atoms with Crippen LogP contribution in [0.2, 0.25) is 0 Å². The van der Waals surface area contributed by atoms with E-state index in [0.717, 1.165) is 27.7 Å². The maximum Gasteiger partial charge on any atom is 0.341 e. The Balaban J connectivity index is 2.10. The number of ether oxygens (including phenoxy) is 6. The first-order chi connectivity index (χ1) is 20.7. The molecule has 14 atom stereocenters. The summed E-state index contributed by atoms with van der Waals surface area (Å²) in [6.07, 6.45) is -11.2. The van der Waals surface area contributed by atoms with Gasteiger partial charge in [-0.05, 0) is 26.2 Å². The fourth-order valence-electron chi connectivity index (χ4n) is 7.90. The molecule has 2 aliphatic carbocycles. The van der Waals surface area contributed by atoms with E-state index in [-0.39, 0.29) is 12.8 Å². The minimum atomic E-state index is -2.42. The van der Waals surface area contributed by atoms with Crippen LogP contribution in [-0.4, -0.2) is 110 Å². The van der Waals surface area contributed by atoms with Crippen molar-refractivity contribution in [3.63, 3.8) is 0 Å². The van der Waals surface area contributed by atoms with Crippen LogP contribution >= 0.6 is 11.6 Å². The number of rotatable bonds is 6.